The Morgan fingerprint density at radius 1 is 1.33 bits per heavy atom. The molecule has 0 saturated heterocycles. The van der Waals surface area contributed by atoms with Gasteiger partial charge in [-0.15, -0.1) is 13.2 Å². The minimum absolute atomic E-state index is 0.0298. The molecule has 0 N–H and O–H groups in total. The fourth-order valence-corrected chi connectivity index (χ4v) is 1.30. The Morgan fingerprint density at radius 3 is 2.67 bits per heavy atom. The van der Waals surface area contributed by atoms with E-state index in [1.807, 2.05) is 19.1 Å². The van der Waals surface area contributed by atoms with Crippen LogP contribution in [0.2, 0.25) is 0 Å². The van der Waals surface area contributed by atoms with E-state index in [0.29, 0.717) is 6.42 Å². The molecule has 15 heavy (non-hydrogen) atoms. The molecule has 0 spiro atoms. The maximum Gasteiger partial charge on any atom is 0.572 e. The van der Waals surface area contributed by atoms with Crippen molar-refractivity contribution in [2.75, 3.05) is 0 Å². The average Bonchev–Trinajstić information content (AvgIpc) is 2.09. The van der Waals surface area contributed by atoms with Crippen molar-refractivity contribution >= 4 is 0 Å². The van der Waals surface area contributed by atoms with E-state index in [9.17, 15) is 13.2 Å². The number of halogens is 3. The number of alkyl halides is 3. The number of hydrogen-bond donors (Lipinski definition) is 0. The minimum atomic E-state index is -4.59. The molecule has 0 fully saturated rings. The van der Waals surface area contributed by atoms with Crippen molar-refractivity contribution < 1.29 is 17.9 Å². The van der Waals surface area contributed by atoms with E-state index in [2.05, 4.69) is 4.74 Å². The molecule has 0 heterocycles. The molecule has 0 aromatic heterocycles. The predicted molar refractivity (Wildman–Crippen MR) is 52.0 cm³/mol. The van der Waals surface area contributed by atoms with Gasteiger partial charge in [0.05, 0.1) is 0 Å². The quantitative estimate of drug-likeness (QED) is 0.678. The zero-order valence-corrected chi connectivity index (χ0v) is 8.47. The van der Waals surface area contributed by atoms with Crippen LogP contribution < -0.4 is 0 Å². The molecule has 0 radical (unpaired) electrons. The molecule has 0 saturated carbocycles. The Hall–Kier alpha value is -1.19. The molecule has 1 aliphatic rings. The minimum Gasteiger partial charge on any atom is -0.410 e. The van der Waals surface area contributed by atoms with E-state index in [1.165, 1.54) is 6.08 Å². The number of ether oxygens (including phenoxy) is 1. The second-order valence-electron chi connectivity index (χ2n) is 3.19. The smallest absolute Gasteiger partial charge is 0.410 e. The van der Waals surface area contributed by atoms with Gasteiger partial charge in [-0.05, 0) is 18.9 Å². The van der Waals surface area contributed by atoms with Crippen molar-refractivity contribution in [3.05, 3.63) is 35.6 Å². The van der Waals surface area contributed by atoms with Crippen LogP contribution in [-0.2, 0) is 4.74 Å². The predicted octanol–water partition coefficient (Wildman–Crippen LogP) is 4.09. The Kier molecular flexibility index (Phi) is 4.00. The van der Waals surface area contributed by atoms with E-state index in [1.54, 1.807) is 6.08 Å². The first kappa shape index (κ1) is 11.9. The van der Waals surface area contributed by atoms with Crippen molar-refractivity contribution in [2.24, 2.45) is 0 Å². The molecule has 1 rings (SSSR count). The highest BCUT2D eigenvalue weighted by Crippen LogP contribution is 2.24. The molecule has 4 heteroatoms. The second kappa shape index (κ2) is 5.05. The normalized spacial score (nSPS) is 24.5. The van der Waals surface area contributed by atoms with Gasteiger partial charge in [0.2, 0.25) is 0 Å². The largest absolute Gasteiger partial charge is 0.572 e. The molecule has 84 valence electrons. The van der Waals surface area contributed by atoms with E-state index < -0.39 is 6.36 Å². The Morgan fingerprint density at radius 2 is 2.07 bits per heavy atom. The summed E-state index contributed by atoms with van der Waals surface area (Å²) in [4.78, 5) is 0. The molecular formula is C11H13F3O. The van der Waals surface area contributed by atoms with Crippen LogP contribution in [0.4, 0.5) is 13.2 Å². The molecule has 0 aromatic carbocycles. The van der Waals surface area contributed by atoms with Gasteiger partial charge in [-0.1, -0.05) is 30.7 Å². The highest BCUT2D eigenvalue weighted by Gasteiger charge is 2.31. The Labute approximate surface area is 86.9 Å². The fourth-order valence-electron chi connectivity index (χ4n) is 1.30. The zero-order chi connectivity index (χ0) is 11.3. The summed E-state index contributed by atoms with van der Waals surface area (Å²) in [7, 11) is 0. The van der Waals surface area contributed by atoms with Crippen LogP contribution in [0.25, 0.3) is 0 Å². The van der Waals surface area contributed by atoms with Gasteiger partial charge >= 0.3 is 6.36 Å². The highest BCUT2D eigenvalue weighted by molar-refractivity contribution is 5.23. The summed E-state index contributed by atoms with van der Waals surface area (Å²) < 4.78 is 39.7. The summed E-state index contributed by atoms with van der Waals surface area (Å²) >= 11 is 0. The standard InChI is InChI=1S/C11H13F3O/c1-2-9-5-3-4-6-10(8-7-9)15-11(12,13)14/h3,5-7H,2,4,8H2,1H3/b5-3?,9-7-,10-6+. The monoisotopic (exact) mass is 218 g/mol. The third kappa shape index (κ3) is 4.72. The van der Waals surface area contributed by atoms with Crippen molar-refractivity contribution in [3.63, 3.8) is 0 Å². The summed E-state index contributed by atoms with van der Waals surface area (Å²) in [5.41, 5.74) is 1.03. The van der Waals surface area contributed by atoms with Gasteiger partial charge in [-0.3, -0.25) is 0 Å². The van der Waals surface area contributed by atoms with E-state index in [0.717, 1.165) is 12.0 Å². The summed E-state index contributed by atoms with van der Waals surface area (Å²) in [5.74, 6) is -0.0298. The Bertz CT molecular complexity index is 297. The lowest BCUT2D eigenvalue weighted by Crippen LogP contribution is -2.13. The van der Waals surface area contributed by atoms with Crippen LogP contribution in [0.15, 0.2) is 35.6 Å². The average molecular weight is 218 g/mol. The topological polar surface area (TPSA) is 9.23 Å². The van der Waals surface area contributed by atoms with Crippen LogP contribution in [-0.4, -0.2) is 6.36 Å². The van der Waals surface area contributed by atoms with Gasteiger partial charge < -0.3 is 4.74 Å². The molecule has 0 aromatic rings. The molecule has 0 bridgehead atoms. The van der Waals surface area contributed by atoms with E-state index in [-0.39, 0.29) is 12.2 Å². The van der Waals surface area contributed by atoms with Crippen LogP contribution in [0.3, 0.4) is 0 Å². The molecule has 1 nitrogen and oxygen atoms in total. The SMILES string of the molecule is CC/C1=C/C/C(OC(F)(F)F)=C\CC=C1. The lowest BCUT2D eigenvalue weighted by Gasteiger charge is -2.12. The summed E-state index contributed by atoms with van der Waals surface area (Å²) in [6.07, 6.45) is 3.87. The summed E-state index contributed by atoms with van der Waals surface area (Å²) in [6.45, 7) is 1.96. The van der Waals surface area contributed by atoms with Crippen molar-refractivity contribution in [1.29, 1.82) is 0 Å². The third-order valence-electron chi connectivity index (χ3n) is 2.03. The van der Waals surface area contributed by atoms with Gasteiger partial charge in [0.25, 0.3) is 0 Å². The van der Waals surface area contributed by atoms with E-state index >= 15 is 0 Å². The maximum atomic E-state index is 12.0. The molecule has 0 unspecified atom stereocenters. The zero-order valence-electron chi connectivity index (χ0n) is 8.47. The number of allylic oxidation sites excluding steroid dienone is 5. The van der Waals surface area contributed by atoms with Crippen LogP contribution >= 0.6 is 0 Å². The maximum absolute atomic E-state index is 12.0. The lowest BCUT2D eigenvalue weighted by molar-refractivity contribution is -0.306. The first-order chi connectivity index (χ1) is 7.01. The molecular weight excluding hydrogens is 205 g/mol. The highest BCUT2D eigenvalue weighted by atomic mass is 19.4. The lowest BCUT2D eigenvalue weighted by atomic mass is 10.1. The number of rotatable bonds is 2. The first-order valence-corrected chi connectivity index (χ1v) is 4.81. The second-order valence-corrected chi connectivity index (χ2v) is 3.19. The van der Waals surface area contributed by atoms with E-state index in [4.69, 9.17) is 0 Å². The number of hydrogen-bond acceptors (Lipinski definition) is 1. The van der Waals surface area contributed by atoms with Crippen LogP contribution in [0.1, 0.15) is 26.2 Å². The van der Waals surface area contributed by atoms with Crippen molar-refractivity contribution in [3.8, 4) is 0 Å². The fraction of sp³-hybridized carbons (Fsp3) is 0.455. The van der Waals surface area contributed by atoms with Crippen molar-refractivity contribution in [1.82, 2.24) is 0 Å². The first-order valence-electron chi connectivity index (χ1n) is 4.81. The third-order valence-corrected chi connectivity index (χ3v) is 2.03. The van der Waals surface area contributed by atoms with Crippen LogP contribution in [0, 0.1) is 0 Å². The molecule has 1 aliphatic carbocycles. The van der Waals surface area contributed by atoms with Gasteiger partial charge in [0.1, 0.15) is 5.76 Å². The van der Waals surface area contributed by atoms with Gasteiger partial charge in [-0.25, -0.2) is 0 Å². The van der Waals surface area contributed by atoms with Crippen molar-refractivity contribution in [2.45, 2.75) is 32.5 Å². The van der Waals surface area contributed by atoms with Gasteiger partial charge in [-0.2, -0.15) is 0 Å². The van der Waals surface area contributed by atoms with Crippen LogP contribution in [0.5, 0.6) is 0 Å². The molecule has 0 aliphatic heterocycles. The molecule has 0 atom stereocenters. The van der Waals surface area contributed by atoms with Gasteiger partial charge in [0, 0.05) is 6.42 Å². The molecule has 0 amide bonds. The Balaban J connectivity index is 2.68. The summed E-state index contributed by atoms with van der Waals surface area (Å²) in [6, 6.07) is 0. The summed E-state index contributed by atoms with van der Waals surface area (Å²) in [5, 5.41) is 0. The van der Waals surface area contributed by atoms with Gasteiger partial charge in [0.15, 0.2) is 0 Å².